The summed E-state index contributed by atoms with van der Waals surface area (Å²) in [7, 11) is 0. The summed E-state index contributed by atoms with van der Waals surface area (Å²) in [6, 6.07) is 10.7. The van der Waals surface area contributed by atoms with Crippen molar-refractivity contribution in [2.24, 2.45) is 0 Å². The lowest BCUT2D eigenvalue weighted by atomic mass is 9.85. The van der Waals surface area contributed by atoms with Crippen LogP contribution in [-0.4, -0.2) is 12.2 Å². The number of para-hydroxylation sites is 1. The number of benzene rings is 1. The van der Waals surface area contributed by atoms with Crippen LogP contribution in [0.3, 0.4) is 0 Å². The highest BCUT2D eigenvalue weighted by atomic mass is 15.4. The van der Waals surface area contributed by atoms with E-state index in [2.05, 4.69) is 61.0 Å². The molecule has 0 unspecified atom stereocenters. The molecule has 1 fully saturated rings. The Morgan fingerprint density at radius 3 is 2.33 bits per heavy atom. The molecule has 0 radical (unpaired) electrons. The van der Waals surface area contributed by atoms with Crippen LogP contribution in [0.5, 0.6) is 0 Å². The van der Waals surface area contributed by atoms with Crippen molar-refractivity contribution >= 4 is 5.69 Å². The molecule has 0 atom stereocenters. The molecule has 1 aliphatic rings. The summed E-state index contributed by atoms with van der Waals surface area (Å²) in [5, 5.41) is 3.46. The number of nitrogens with zero attached hydrogens (tertiary/aromatic N) is 1. The summed E-state index contributed by atoms with van der Waals surface area (Å²) < 4.78 is 0. The van der Waals surface area contributed by atoms with E-state index in [1.807, 2.05) is 0 Å². The first-order chi connectivity index (χ1) is 8.74. The van der Waals surface area contributed by atoms with Gasteiger partial charge in [-0.05, 0) is 25.0 Å². The van der Waals surface area contributed by atoms with Gasteiger partial charge in [0.25, 0.3) is 0 Å². The molecule has 0 amide bonds. The summed E-state index contributed by atoms with van der Waals surface area (Å²) in [6.07, 6.45) is 4.71. The molecule has 1 N–H and O–H groups in total. The molecule has 2 rings (SSSR count). The molecule has 1 aliphatic heterocycles. The predicted molar refractivity (Wildman–Crippen MR) is 78.6 cm³/mol. The van der Waals surface area contributed by atoms with Gasteiger partial charge in [0.15, 0.2) is 0 Å². The monoisotopic (exact) mass is 244 g/mol. The third-order valence-corrected chi connectivity index (χ3v) is 3.92. The number of rotatable bonds is 5. The molecule has 0 aliphatic carbocycles. The van der Waals surface area contributed by atoms with E-state index in [0.717, 1.165) is 6.67 Å². The van der Waals surface area contributed by atoms with Gasteiger partial charge in [-0.3, -0.25) is 0 Å². The molecular weight excluding hydrogens is 220 g/mol. The van der Waals surface area contributed by atoms with Crippen molar-refractivity contribution in [3.8, 4) is 0 Å². The third-order valence-electron chi connectivity index (χ3n) is 3.92. The fourth-order valence-corrected chi connectivity index (χ4v) is 3.12. The van der Waals surface area contributed by atoms with Crippen LogP contribution in [0.4, 0.5) is 5.69 Å². The molecule has 98 valence electrons. The Kier molecular flexibility index (Phi) is 3.95. The van der Waals surface area contributed by atoms with Crippen LogP contribution in [0, 0.1) is 0 Å². The highest BCUT2D eigenvalue weighted by molar-refractivity contribution is 5.54. The Bertz CT molecular complexity index is 391. The molecular formula is C16H24N2. The average molecular weight is 244 g/mol. The fraction of sp³-hybridized carbons (Fsp3) is 0.500. The summed E-state index contributed by atoms with van der Waals surface area (Å²) in [6.45, 7) is 9.66. The standard InChI is InChI=1S/C16H24N2/c1-4-11-16(12-5-2)14(3)17-13-18(16)15-9-7-6-8-10-15/h6-10,17H,3-5,11-13H2,1-2H3. The van der Waals surface area contributed by atoms with Crippen molar-refractivity contribution in [1.82, 2.24) is 5.32 Å². The average Bonchev–Trinajstić information content (AvgIpc) is 2.69. The zero-order valence-electron chi connectivity index (χ0n) is 11.6. The quantitative estimate of drug-likeness (QED) is 0.845. The molecule has 2 nitrogen and oxygen atoms in total. The first kappa shape index (κ1) is 13.0. The maximum atomic E-state index is 4.27. The third kappa shape index (κ3) is 2.12. The number of hydrogen-bond donors (Lipinski definition) is 1. The summed E-state index contributed by atoms with van der Waals surface area (Å²) in [5.41, 5.74) is 2.59. The van der Waals surface area contributed by atoms with Crippen molar-refractivity contribution in [2.75, 3.05) is 11.6 Å². The Morgan fingerprint density at radius 2 is 1.78 bits per heavy atom. The predicted octanol–water partition coefficient (Wildman–Crippen LogP) is 3.91. The topological polar surface area (TPSA) is 15.3 Å². The van der Waals surface area contributed by atoms with Crippen LogP contribution in [0.25, 0.3) is 0 Å². The molecule has 1 aromatic carbocycles. The van der Waals surface area contributed by atoms with Crippen LogP contribution in [0.1, 0.15) is 39.5 Å². The first-order valence-corrected chi connectivity index (χ1v) is 7.00. The Morgan fingerprint density at radius 1 is 1.17 bits per heavy atom. The van der Waals surface area contributed by atoms with Gasteiger partial charge in [-0.15, -0.1) is 0 Å². The summed E-state index contributed by atoms with van der Waals surface area (Å²) in [4.78, 5) is 2.49. The minimum Gasteiger partial charge on any atom is -0.370 e. The maximum Gasteiger partial charge on any atom is 0.0884 e. The van der Waals surface area contributed by atoms with E-state index in [-0.39, 0.29) is 5.54 Å². The van der Waals surface area contributed by atoms with Gasteiger partial charge in [-0.1, -0.05) is 51.5 Å². The van der Waals surface area contributed by atoms with E-state index >= 15 is 0 Å². The van der Waals surface area contributed by atoms with Crippen LogP contribution in [0.2, 0.25) is 0 Å². The van der Waals surface area contributed by atoms with E-state index < -0.39 is 0 Å². The normalized spacial score (nSPS) is 17.9. The second kappa shape index (κ2) is 5.47. The van der Waals surface area contributed by atoms with Crippen LogP contribution in [-0.2, 0) is 0 Å². The molecule has 2 heteroatoms. The van der Waals surface area contributed by atoms with E-state index in [9.17, 15) is 0 Å². The SMILES string of the molecule is C=C1NCN(c2ccccc2)C1(CCC)CCC. The second-order valence-corrected chi connectivity index (χ2v) is 5.11. The minimum absolute atomic E-state index is 0.102. The van der Waals surface area contributed by atoms with Crippen molar-refractivity contribution in [3.63, 3.8) is 0 Å². The van der Waals surface area contributed by atoms with E-state index in [1.165, 1.54) is 37.1 Å². The van der Waals surface area contributed by atoms with Gasteiger partial charge >= 0.3 is 0 Å². The summed E-state index contributed by atoms with van der Waals surface area (Å²) in [5.74, 6) is 0. The van der Waals surface area contributed by atoms with Gasteiger partial charge in [0.2, 0.25) is 0 Å². The van der Waals surface area contributed by atoms with E-state index in [0.29, 0.717) is 0 Å². The highest BCUT2D eigenvalue weighted by Crippen LogP contribution is 2.39. The Hall–Kier alpha value is -1.44. The van der Waals surface area contributed by atoms with Gasteiger partial charge in [0, 0.05) is 11.4 Å². The number of anilines is 1. The zero-order chi connectivity index (χ0) is 13.0. The molecule has 1 heterocycles. The molecule has 18 heavy (non-hydrogen) atoms. The van der Waals surface area contributed by atoms with Gasteiger partial charge in [0.05, 0.1) is 12.2 Å². The zero-order valence-corrected chi connectivity index (χ0v) is 11.6. The lowest BCUT2D eigenvalue weighted by Crippen LogP contribution is -2.44. The van der Waals surface area contributed by atoms with Gasteiger partial charge < -0.3 is 10.2 Å². The molecule has 1 aromatic rings. The van der Waals surface area contributed by atoms with Crippen LogP contribution >= 0.6 is 0 Å². The van der Waals surface area contributed by atoms with Crippen molar-refractivity contribution in [3.05, 3.63) is 42.6 Å². The maximum absolute atomic E-state index is 4.27. The summed E-state index contributed by atoms with van der Waals surface area (Å²) >= 11 is 0. The Balaban J connectivity index is 2.36. The van der Waals surface area contributed by atoms with Gasteiger partial charge in [0.1, 0.15) is 0 Å². The molecule has 0 saturated carbocycles. The lowest BCUT2D eigenvalue weighted by Gasteiger charge is -2.39. The van der Waals surface area contributed by atoms with Gasteiger partial charge in [-0.2, -0.15) is 0 Å². The Labute approximate surface area is 111 Å². The molecule has 1 saturated heterocycles. The fourth-order valence-electron chi connectivity index (χ4n) is 3.12. The first-order valence-electron chi connectivity index (χ1n) is 7.00. The van der Waals surface area contributed by atoms with E-state index in [4.69, 9.17) is 0 Å². The largest absolute Gasteiger partial charge is 0.370 e. The van der Waals surface area contributed by atoms with Crippen molar-refractivity contribution in [1.29, 1.82) is 0 Å². The number of nitrogens with one attached hydrogen (secondary N) is 1. The van der Waals surface area contributed by atoms with Crippen LogP contribution in [0.15, 0.2) is 42.6 Å². The minimum atomic E-state index is 0.102. The number of hydrogen-bond acceptors (Lipinski definition) is 2. The van der Waals surface area contributed by atoms with Gasteiger partial charge in [-0.25, -0.2) is 0 Å². The molecule has 0 spiro atoms. The molecule has 0 aromatic heterocycles. The second-order valence-electron chi connectivity index (χ2n) is 5.11. The van der Waals surface area contributed by atoms with Crippen molar-refractivity contribution in [2.45, 2.75) is 45.1 Å². The highest BCUT2D eigenvalue weighted by Gasteiger charge is 2.42. The lowest BCUT2D eigenvalue weighted by molar-refractivity contribution is 0.417. The van der Waals surface area contributed by atoms with Crippen molar-refractivity contribution < 1.29 is 0 Å². The smallest absolute Gasteiger partial charge is 0.0884 e. The van der Waals surface area contributed by atoms with E-state index in [1.54, 1.807) is 0 Å². The molecule has 0 bridgehead atoms. The van der Waals surface area contributed by atoms with Crippen LogP contribution < -0.4 is 10.2 Å².